The van der Waals surface area contributed by atoms with Gasteiger partial charge in [0, 0.05) is 6.54 Å². The zero-order chi connectivity index (χ0) is 12.0. The van der Waals surface area contributed by atoms with Crippen molar-refractivity contribution in [1.82, 2.24) is 5.32 Å². The summed E-state index contributed by atoms with van der Waals surface area (Å²) in [6.07, 6.45) is -0.890. The molecule has 0 aliphatic rings. The average Bonchev–Trinajstić information content (AvgIpc) is 2.29. The van der Waals surface area contributed by atoms with Gasteiger partial charge in [-0.25, -0.2) is 4.79 Å². The average molecular weight is 225 g/mol. The van der Waals surface area contributed by atoms with E-state index in [2.05, 4.69) is 5.32 Å². The van der Waals surface area contributed by atoms with Crippen molar-refractivity contribution in [3.63, 3.8) is 0 Å². The quantitative estimate of drug-likeness (QED) is 0.747. The predicted molar refractivity (Wildman–Crippen MR) is 59.0 cm³/mol. The first-order valence-electron chi connectivity index (χ1n) is 4.85. The number of likely N-dealkylation sites (N-methyl/N-ethyl adjacent to an activating group) is 1. The molecular formula is C11H15NO4. The number of ether oxygens (including phenoxy) is 2. The van der Waals surface area contributed by atoms with Crippen molar-refractivity contribution in [2.75, 3.05) is 20.7 Å². The summed E-state index contributed by atoms with van der Waals surface area (Å²) in [5.74, 6) is 0.210. The normalized spacial score (nSPS) is 11.9. The highest BCUT2D eigenvalue weighted by Gasteiger charge is 2.17. The molecule has 1 atom stereocenters. The van der Waals surface area contributed by atoms with E-state index in [1.54, 1.807) is 38.4 Å². The molecule has 1 aromatic carbocycles. The van der Waals surface area contributed by atoms with Gasteiger partial charge in [-0.05, 0) is 31.3 Å². The molecule has 0 aromatic heterocycles. The summed E-state index contributed by atoms with van der Waals surface area (Å²) in [6.45, 7) is 0.251. The first-order valence-corrected chi connectivity index (χ1v) is 4.85. The minimum absolute atomic E-state index is 0.251. The maximum Gasteiger partial charge on any atom is 0.346 e. The molecule has 88 valence electrons. The predicted octanol–water partition coefficient (Wildman–Crippen LogP) is 0.747. The second-order valence-electron chi connectivity index (χ2n) is 3.18. The zero-order valence-electron chi connectivity index (χ0n) is 9.27. The monoisotopic (exact) mass is 225 g/mol. The van der Waals surface area contributed by atoms with Crippen molar-refractivity contribution < 1.29 is 19.4 Å². The minimum atomic E-state index is -0.995. The summed E-state index contributed by atoms with van der Waals surface area (Å²) in [6, 6.07) is 6.77. The van der Waals surface area contributed by atoms with Crippen molar-refractivity contribution in [2.24, 2.45) is 0 Å². The van der Waals surface area contributed by atoms with E-state index in [0.717, 1.165) is 0 Å². The molecule has 0 bridgehead atoms. The second-order valence-corrected chi connectivity index (χ2v) is 3.18. The van der Waals surface area contributed by atoms with Gasteiger partial charge in [-0.15, -0.1) is 0 Å². The number of carbonyl (C=O) groups is 1. The van der Waals surface area contributed by atoms with Crippen LogP contribution in [0.25, 0.3) is 0 Å². The first kappa shape index (κ1) is 12.3. The summed E-state index contributed by atoms with van der Waals surface area (Å²) in [5.41, 5.74) is 0. The van der Waals surface area contributed by atoms with Crippen LogP contribution in [-0.2, 0) is 4.79 Å². The Balaban J connectivity index is 2.65. The number of hydrogen-bond acceptors (Lipinski definition) is 4. The Kier molecular flexibility index (Phi) is 4.60. The number of aliphatic carboxylic acids is 1. The standard InChI is InChI=1S/C11H15NO4/c1-12-7-10(11(13)14)16-9-5-3-8(15-2)4-6-9/h3-6,10,12H,7H2,1-2H3,(H,13,14). The molecule has 1 unspecified atom stereocenters. The number of nitrogens with one attached hydrogen (secondary N) is 1. The molecule has 0 aliphatic carbocycles. The summed E-state index contributed by atoms with van der Waals surface area (Å²) in [4.78, 5) is 10.8. The Morgan fingerprint density at radius 3 is 2.38 bits per heavy atom. The third kappa shape index (κ3) is 3.43. The molecule has 0 aliphatic heterocycles. The van der Waals surface area contributed by atoms with Crippen LogP contribution in [0, 0.1) is 0 Å². The fourth-order valence-corrected chi connectivity index (χ4v) is 1.18. The minimum Gasteiger partial charge on any atom is -0.497 e. The number of rotatable bonds is 6. The number of methoxy groups -OCH3 is 1. The van der Waals surface area contributed by atoms with E-state index < -0.39 is 12.1 Å². The van der Waals surface area contributed by atoms with E-state index in [1.165, 1.54) is 0 Å². The highest BCUT2D eigenvalue weighted by Crippen LogP contribution is 2.18. The van der Waals surface area contributed by atoms with E-state index in [-0.39, 0.29) is 6.54 Å². The van der Waals surface area contributed by atoms with Gasteiger partial charge < -0.3 is 19.9 Å². The van der Waals surface area contributed by atoms with Crippen molar-refractivity contribution in [3.05, 3.63) is 24.3 Å². The largest absolute Gasteiger partial charge is 0.497 e. The Morgan fingerprint density at radius 2 is 1.94 bits per heavy atom. The lowest BCUT2D eigenvalue weighted by molar-refractivity contribution is -0.144. The van der Waals surface area contributed by atoms with E-state index in [9.17, 15) is 4.79 Å². The molecule has 0 heterocycles. The summed E-state index contributed by atoms with van der Waals surface area (Å²) >= 11 is 0. The van der Waals surface area contributed by atoms with Gasteiger partial charge in [0.1, 0.15) is 11.5 Å². The first-order chi connectivity index (χ1) is 7.67. The molecule has 0 saturated heterocycles. The van der Waals surface area contributed by atoms with Gasteiger partial charge in [0.25, 0.3) is 0 Å². The van der Waals surface area contributed by atoms with Gasteiger partial charge >= 0.3 is 5.97 Å². The summed E-state index contributed by atoms with van der Waals surface area (Å²) < 4.78 is 10.3. The zero-order valence-corrected chi connectivity index (χ0v) is 9.27. The lowest BCUT2D eigenvalue weighted by atomic mass is 10.3. The van der Waals surface area contributed by atoms with Crippen molar-refractivity contribution in [1.29, 1.82) is 0 Å². The smallest absolute Gasteiger partial charge is 0.346 e. The van der Waals surface area contributed by atoms with E-state index in [1.807, 2.05) is 0 Å². The molecule has 0 amide bonds. The van der Waals surface area contributed by atoms with Gasteiger partial charge in [-0.2, -0.15) is 0 Å². The maximum atomic E-state index is 10.8. The summed E-state index contributed by atoms with van der Waals surface area (Å²) in [7, 11) is 3.24. The van der Waals surface area contributed by atoms with Gasteiger partial charge in [-0.1, -0.05) is 0 Å². The van der Waals surface area contributed by atoms with Crippen LogP contribution in [0.3, 0.4) is 0 Å². The Labute approximate surface area is 94.0 Å². The molecule has 16 heavy (non-hydrogen) atoms. The Morgan fingerprint density at radius 1 is 1.38 bits per heavy atom. The maximum absolute atomic E-state index is 10.8. The van der Waals surface area contributed by atoms with Crippen LogP contribution in [0.2, 0.25) is 0 Å². The molecule has 5 heteroatoms. The van der Waals surface area contributed by atoms with Crippen LogP contribution in [0.4, 0.5) is 0 Å². The van der Waals surface area contributed by atoms with E-state index in [4.69, 9.17) is 14.6 Å². The fraction of sp³-hybridized carbons (Fsp3) is 0.364. The topological polar surface area (TPSA) is 67.8 Å². The SMILES string of the molecule is CNCC(Oc1ccc(OC)cc1)C(=O)O. The van der Waals surface area contributed by atoms with Crippen molar-refractivity contribution in [3.8, 4) is 11.5 Å². The molecule has 0 spiro atoms. The molecular weight excluding hydrogens is 210 g/mol. The lowest BCUT2D eigenvalue weighted by Crippen LogP contribution is -2.36. The number of benzene rings is 1. The highest BCUT2D eigenvalue weighted by molar-refractivity contribution is 5.73. The van der Waals surface area contributed by atoms with Crippen LogP contribution in [0.1, 0.15) is 0 Å². The van der Waals surface area contributed by atoms with Crippen LogP contribution >= 0.6 is 0 Å². The molecule has 1 aromatic rings. The molecule has 0 fully saturated rings. The van der Waals surface area contributed by atoms with Crippen LogP contribution < -0.4 is 14.8 Å². The molecule has 1 rings (SSSR count). The molecule has 0 saturated carbocycles. The molecule has 0 radical (unpaired) electrons. The van der Waals surface area contributed by atoms with Gasteiger partial charge in [0.2, 0.25) is 6.10 Å². The highest BCUT2D eigenvalue weighted by atomic mass is 16.5. The molecule has 2 N–H and O–H groups in total. The number of carboxylic acid groups (broad SMARTS) is 1. The Hall–Kier alpha value is -1.75. The fourth-order valence-electron chi connectivity index (χ4n) is 1.18. The Bertz CT molecular complexity index is 336. The van der Waals surface area contributed by atoms with Crippen molar-refractivity contribution in [2.45, 2.75) is 6.10 Å². The van der Waals surface area contributed by atoms with Crippen molar-refractivity contribution >= 4 is 5.97 Å². The second kappa shape index (κ2) is 5.97. The van der Waals surface area contributed by atoms with Gasteiger partial charge in [0.15, 0.2) is 0 Å². The van der Waals surface area contributed by atoms with Gasteiger partial charge in [-0.3, -0.25) is 0 Å². The molecule has 5 nitrogen and oxygen atoms in total. The van der Waals surface area contributed by atoms with Crippen LogP contribution in [-0.4, -0.2) is 37.9 Å². The summed E-state index contributed by atoms with van der Waals surface area (Å²) in [5, 5.41) is 11.6. The van der Waals surface area contributed by atoms with Crippen LogP contribution in [0.15, 0.2) is 24.3 Å². The number of carboxylic acids is 1. The lowest BCUT2D eigenvalue weighted by Gasteiger charge is -2.14. The number of hydrogen-bond donors (Lipinski definition) is 2. The van der Waals surface area contributed by atoms with E-state index >= 15 is 0 Å². The van der Waals surface area contributed by atoms with Crippen LogP contribution in [0.5, 0.6) is 11.5 Å². The third-order valence-corrected chi connectivity index (χ3v) is 2.00. The third-order valence-electron chi connectivity index (χ3n) is 2.00. The van der Waals surface area contributed by atoms with Gasteiger partial charge in [0.05, 0.1) is 7.11 Å². The van der Waals surface area contributed by atoms with E-state index in [0.29, 0.717) is 11.5 Å².